The molecule has 0 unspecified atom stereocenters. The Balaban J connectivity index is 1.33. The summed E-state index contributed by atoms with van der Waals surface area (Å²) < 4.78 is 16.8. The Kier molecular flexibility index (Phi) is 6.51. The second-order valence-corrected chi connectivity index (χ2v) is 9.88. The second-order valence-electron chi connectivity index (χ2n) is 9.03. The molecular formula is C26H26BrFN6O. The lowest BCUT2D eigenvalue weighted by Gasteiger charge is -2.33. The van der Waals surface area contributed by atoms with Gasteiger partial charge in [-0.15, -0.1) is 5.10 Å². The molecule has 5 rings (SSSR count). The Morgan fingerprint density at radius 3 is 2.83 bits per heavy atom. The van der Waals surface area contributed by atoms with Gasteiger partial charge in [-0.05, 0) is 61.6 Å². The smallest absolute Gasteiger partial charge is 0.225 e. The summed E-state index contributed by atoms with van der Waals surface area (Å²) in [6, 6.07) is 11.1. The fourth-order valence-corrected chi connectivity index (χ4v) is 4.71. The van der Waals surface area contributed by atoms with Crippen LogP contribution in [0.15, 0.2) is 53.4 Å². The first kappa shape index (κ1) is 23.4. The zero-order valence-electron chi connectivity index (χ0n) is 19.6. The van der Waals surface area contributed by atoms with Crippen molar-refractivity contribution in [3.05, 3.63) is 75.9 Å². The van der Waals surface area contributed by atoms with Crippen molar-refractivity contribution >= 4 is 38.7 Å². The third-order valence-electron chi connectivity index (χ3n) is 6.50. The first-order valence-electron chi connectivity index (χ1n) is 11.6. The predicted octanol–water partition coefficient (Wildman–Crippen LogP) is 4.87. The van der Waals surface area contributed by atoms with Crippen LogP contribution >= 0.6 is 15.9 Å². The molecule has 0 saturated carbocycles. The van der Waals surface area contributed by atoms with E-state index in [1.807, 2.05) is 31.3 Å². The van der Waals surface area contributed by atoms with Gasteiger partial charge in [0, 0.05) is 30.3 Å². The molecule has 1 atom stereocenters. The molecule has 180 valence electrons. The van der Waals surface area contributed by atoms with Crippen LogP contribution in [-0.2, 0) is 11.3 Å². The molecule has 7 nitrogen and oxygen atoms in total. The number of benzene rings is 2. The van der Waals surface area contributed by atoms with E-state index in [0.717, 1.165) is 46.2 Å². The molecule has 1 aliphatic rings. The highest BCUT2D eigenvalue weighted by atomic mass is 79.9. The number of rotatable bonds is 5. The van der Waals surface area contributed by atoms with Gasteiger partial charge in [0.25, 0.3) is 0 Å². The van der Waals surface area contributed by atoms with Crippen LogP contribution in [0.2, 0.25) is 0 Å². The average molecular weight is 537 g/mol. The number of hydrogen-bond acceptors (Lipinski definition) is 5. The van der Waals surface area contributed by atoms with Gasteiger partial charge in [0.15, 0.2) is 5.65 Å². The fraction of sp³-hybridized carbons (Fsp3) is 0.308. The molecule has 1 aliphatic heterocycles. The maximum atomic E-state index is 14.1. The molecule has 1 saturated heterocycles. The zero-order valence-corrected chi connectivity index (χ0v) is 21.2. The summed E-state index contributed by atoms with van der Waals surface area (Å²) in [6.45, 7) is 5.63. The maximum Gasteiger partial charge on any atom is 0.225 e. The number of aryl methyl sites for hydroxylation is 2. The van der Waals surface area contributed by atoms with Gasteiger partial charge in [0.1, 0.15) is 18.0 Å². The van der Waals surface area contributed by atoms with Crippen molar-refractivity contribution in [2.24, 2.45) is 5.92 Å². The number of anilines is 1. The number of hydrogen-bond donors (Lipinski definition) is 1. The largest absolute Gasteiger partial charge is 0.355 e. The van der Waals surface area contributed by atoms with Crippen LogP contribution in [-0.4, -0.2) is 38.7 Å². The molecular weight excluding hydrogens is 511 g/mol. The molecule has 0 aliphatic carbocycles. The highest BCUT2D eigenvalue weighted by Crippen LogP contribution is 2.28. The Morgan fingerprint density at radius 2 is 2.03 bits per heavy atom. The van der Waals surface area contributed by atoms with Gasteiger partial charge in [-0.25, -0.2) is 19.0 Å². The van der Waals surface area contributed by atoms with Crippen LogP contribution in [0, 0.1) is 25.6 Å². The standard InChI is InChI=1S/C26H26BrFN6O/c1-16-5-7-20(11-23(16)28)34-14-21-24(32-34)30-15-31-25(21)33-9-3-4-19(13-33)26(35)29-12-18-6-8-22(27)17(2)10-18/h5-8,10-11,14-15,19H,3-4,9,12-13H2,1-2H3,(H,29,35)/t19-/m1/s1. The Morgan fingerprint density at radius 1 is 1.17 bits per heavy atom. The first-order valence-corrected chi connectivity index (χ1v) is 12.4. The number of nitrogens with zero attached hydrogens (tertiary/aromatic N) is 5. The number of halogens is 2. The lowest BCUT2D eigenvalue weighted by molar-refractivity contribution is -0.125. The topological polar surface area (TPSA) is 75.9 Å². The molecule has 2 aromatic heterocycles. The van der Waals surface area contributed by atoms with Crippen molar-refractivity contribution < 1.29 is 9.18 Å². The van der Waals surface area contributed by atoms with Crippen LogP contribution < -0.4 is 10.2 Å². The van der Waals surface area contributed by atoms with Crippen LogP contribution in [0.4, 0.5) is 10.2 Å². The molecule has 0 bridgehead atoms. The van der Waals surface area contributed by atoms with Crippen molar-refractivity contribution in [2.75, 3.05) is 18.0 Å². The third kappa shape index (κ3) is 4.91. The van der Waals surface area contributed by atoms with Crippen molar-refractivity contribution in [3.8, 4) is 5.69 Å². The minimum atomic E-state index is -0.281. The quantitative estimate of drug-likeness (QED) is 0.394. The fourth-order valence-electron chi connectivity index (χ4n) is 4.47. The summed E-state index contributed by atoms with van der Waals surface area (Å²) in [5.74, 6) is 0.379. The number of carbonyl (C=O) groups excluding carboxylic acids is 1. The van der Waals surface area contributed by atoms with Gasteiger partial charge in [-0.2, -0.15) is 0 Å². The summed E-state index contributed by atoms with van der Waals surface area (Å²) in [6.07, 6.45) is 5.04. The van der Waals surface area contributed by atoms with Gasteiger partial charge in [0.05, 0.1) is 17.0 Å². The predicted molar refractivity (Wildman–Crippen MR) is 137 cm³/mol. The van der Waals surface area contributed by atoms with Crippen molar-refractivity contribution in [1.29, 1.82) is 0 Å². The van der Waals surface area contributed by atoms with Crippen molar-refractivity contribution in [1.82, 2.24) is 25.1 Å². The SMILES string of the molecule is Cc1ccc(-n2cc3c(N4CCC[C@@H](C(=O)NCc5ccc(Br)c(C)c5)C4)ncnc3n2)cc1F. The van der Waals surface area contributed by atoms with Crippen LogP contribution in [0.5, 0.6) is 0 Å². The van der Waals surface area contributed by atoms with E-state index < -0.39 is 0 Å². The zero-order chi connectivity index (χ0) is 24.5. The van der Waals surface area contributed by atoms with Crippen molar-refractivity contribution in [2.45, 2.75) is 33.2 Å². The highest BCUT2D eigenvalue weighted by Gasteiger charge is 2.28. The molecule has 0 radical (unpaired) electrons. The van der Waals surface area contributed by atoms with E-state index in [0.29, 0.717) is 30.0 Å². The van der Waals surface area contributed by atoms with Crippen LogP contribution in [0.3, 0.4) is 0 Å². The highest BCUT2D eigenvalue weighted by molar-refractivity contribution is 9.10. The molecule has 3 heterocycles. The summed E-state index contributed by atoms with van der Waals surface area (Å²) in [7, 11) is 0. The third-order valence-corrected chi connectivity index (χ3v) is 7.39. The molecule has 9 heteroatoms. The van der Waals surface area contributed by atoms with Gasteiger partial charge in [-0.1, -0.05) is 34.1 Å². The van der Waals surface area contributed by atoms with E-state index in [4.69, 9.17) is 0 Å². The lowest BCUT2D eigenvalue weighted by atomic mass is 9.97. The Hall–Kier alpha value is -3.33. The van der Waals surface area contributed by atoms with E-state index in [-0.39, 0.29) is 17.6 Å². The van der Waals surface area contributed by atoms with Gasteiger partial charge >= 0.3 is 0 Å². The maximum absolute atomic E-state index is 14.1. The van der Waals surface area contributed by atoms with E-state index in [9.17, 15) is 9.18 Å². The minimum Gasteiger partial charge on any atom is -0.355 e. The minimum absolute atomic E-state index is 0.0476. The molecule has 1 amide bonds. The Bertz CT molecular complexity index is 1400. The van der Waals surface area contributed by atoms with E-state index in [1.54, 1.807) is 17.7 Å². The molecule has 2 aromatic carbocycles. The van der Waals surface area contributed by atoms with Crippen molar-refractivity contribution in [3.63, 3.8) is 0 Å². The summed E-state index contributed by atoms with van der Waals surface area (Å²) >= 11 is 3.51. The second kappa shape index (κ2) is 9.73. The van der Waals surface area contributed by atoms with Crippen LogP contribution in [0.25, 0.3) is 16.7 Å². The Labute approximate surface area is 211 Å². The number of nitrogens with one attached hydrogen (secondary N) is 1. The molecule has 35 heavy (non-hydrogen) atoms. The van der Waals surface area contributed by atoms with Gasteiger partial charge < -0.3 is 10.2 Å². The molecule has 1 fully saturated rings. The molecule has 4 aromatic rings. The summed E-state index contributed by atoms with van der Waals surface area (Å²) in [5.41, 5.74) is 3.95. The van der Waals surface area contributed by atoms with Gasteiger partial charge in [-0.3, -0.25) is 4.79 Å². The monoisotopic (exact) mass is 536 g/mol. The van der Waals surface area contributed by atoms with E-state index >= 15 is 0 Å². The first-order chi connectivity index (χ1) is 16.9. The van der Waals surface area contributed by atoms with Crippen LogP contribution in [0.1, 0.15) is 29.5 Å². The molecule has 1 N–H and O–H groups in total. The number of fused-ring (bicyclic) bond motifs is 1. The average Bonchev–Trinajstić information content (AvgIpc) is 3.31. The lowest BCUT2D eigenvalue weighted by Crippen LogP contribution is -2.43. The van der Waals surface area contributed by atoms with E-state index in [2.05, 4.69) is 47.3 Å². The molecule has 0 spiro atoms. The summed E-state index contributed by atoms with van der Waals surface area (Å²) in [4.78, 5) is 23.9. The number of amides is 1. The normalized spacial score (nSPS) is 16.0. The van der Waals surface area contributed by atoms with Gasteiger partial charge in [0.2, 0.25) is 5.91 Å². The summed E-state index contributed by atoms with van der Waals surface area (Å²) in [5, 5.41) is 8.40. The number of piperidine rings is 1. The number of aromatic nitrogens is 4. The number of carbonyl (C=O) groups is 1. The van der Waals surface area contributed by atoms with E-state index in [1.165, 1.54) is 12.4 Å².